The number of pyridine rings is 1. The smallest absolute Gasteiger partial charge is 0.279 e. The van der Waals surface area contributed by atoms with Crippen molar-refractivity contribution in [1.29, 1.82) is 0 Å². The van der Waals surface area contributed by atoms with Gasteiger partial charge in [0.25, 0.3) is 5.91 Å². The van der Waals surface area contributed by atoms with Crippen LogP contribution >= 0.6 is 0 Å². The first-order valence-electron chi connectivity index (χ1n) is 9.63. The zero-order valence-corrected chi connectivity index (χ0v) is 16.8. The van der Waals surface area contributed by atoms with E-state index in [0.717, 1.165) is 30.0 Å². The van der Waals surface area contributed by atoms with Gasteiger partial charge in [-0.05, 0) is 44.5 Å². The van der Waals surface area contributed by atoms with Crippen LogP contribution in [-0.4, -0.2) is 52.2 Å². The van der Waals surface area contributed by atoms with Gasteiger partial charge in [0.1, 0.15) is 5.82 Å². The molecule has 1 aromatic carbocycles. The quantitative estimate of drug-likeness (QED) is 0.735. The van der Waals surface area contributed by atoms with Crippen LogP contribution in [0.3, 0.4) is 0 Å². The number of aryl methyl sites for hydroxylation is 3. The molecule has 0 atom stereocenters. The van der Waals surface area contributed by atoms with E-state index in [-0.39, 0.29) is 11.6 Å². The number of carbonyl (C=O) groups excluding carboxylic acids is 1. The topological polar surface area (TPSA) is 85.2 Å². The van der Waals surface area contributed by atoms with Crippen molar-refractivity contribution in [3.8, 4) is 5.69 Å². The van der Waals surface area contributed by atoms with Crippen LogP contribution in [0.5, 0.6) is 0 Å². The molecule has 4 rings (SSSR count). The van der Waals surface area contributed by atoms with E-state index in [1.807, 2.05) is 32.0 Å². The monoisotopic (exact) mass is 392 g/mol. The number of carbonyl (C=O) groups is 1. The molecule has 8 nitrogen and oxygen atoms in total. The van der Waals surface area contributed by atoms with Gasteiger partial charge in [-0.1, -0.05) is 17.7 Å². The first-order valence-corrected chi connectivity index (χ1v) is 9.63. The Labute approximate surface area is 169 Å². The van der Waals surface area contributed by atoms with Crippen molar-refractivity contribution >= 4 is 17.4 Å². The Kier molecular flexibility index (Phi) is 5.26. The van der Waals surface area contributed by atoms with Crippen molar-refractivity contribution in [2.45, 2.75) is 20.8 Å². The number of ether oxygens (including phenoxy) is 1. The number of rotatable bonds is 4. The second-order valence-corrected chi connectivity index (χ2v) is 7.17. The Hall–Kier alpha value is -3.26. The maximum atomic E-state index is 12.7. The fourth-order valence-corrected chi connectivity index (χ4v) is 3.37. The summed E-state index contributed by atoms with van der Waals surface area (Å²) < 4.78 is 5.37. The molecule has 0 unspecified atom stereocenters. The summed E-state index contributed by atoms with van der Waals surface area (Å²) in [7, 11) is 0. The standard InChI is InChI=1S/C21H24N6O2/c1-14-4-6-18(15(2)12-14)27-24-16(3)20(25-27)21(28)23-19-7-5-17(13-22-19)26-8-10-29-11-9-26/h4-7,12-13H,8-11H2,1-3H3,(H,22,23,28). The van der Waals surface area contributed by atoms with E-state index in [1.54, 1.807) is 19.2 Å². The fourth-order valence-electron chi connectivity index (χ4n) is 3.37. The van der Waals surface area contributed by atoms with E-state index in [1.165, 1.54) is 10.4 Å². The minimum absolute atomic E-state index is 0.282. The molecule has 0 spiro atoms. The highest BCUT2D eigenvalue weighted by Gasteiger charge is 2.18. The molecule has 1 aliphatic heterocycles. The first kappa shape index (κ1) is 19.1. The Morgan fingerprint density at radius 2 is 1.86 bits per heavy atom. The Morgan fingerprint density at radius 3 is 2.55 bits per heavy atom. The Balaban J connectivity index is 1.49. The van der Waals surface area contributed by atoms with Crippen molar-refractivity contribution < 1.29 is 9.53 Å². The molecule has 0 saturated carbocycles. The van der Waals surface area contributed by atoms with Crippen molar-refractivity contribution in [2.24, 2.45) is 0 Å². The Morgan fingerprint density at radius 1 is 1.07 bits per heavy atom. The number of hydrogen-bond donors (Lipinski definition) is 1. The molecule has 2 aromatic heterocycles. The second-order valence-electron chi connectivity index (χ2n) is 7.17. The van der Waals surface area contributed by atoms with E-state index in [0.29, 0.717) is 24.7 Å². The summed E-state index contributed by atoms with van der Waals surface area (Å²) in [6.07, 6.45) is 1.76. The van der Waals surface area contributed by atoms with E-state index < -0.39 is 0 Å². The van der Waals surface area contributed by atoms with Crippen LogP contribution in [0, 0.1) is 20.8 Å². The van der Waals surface area contributed by atoms with Gasteiger partial charge in [-0.3, -0.25) is 4.79 Å². The van der Waals surface area contributed by atoms with Gasteiger partial charge in [0.15, 0.2) is 5.69 Å². The molecule has 0 aliphatic carbocycles. The third-order valence-electron chi connectivity index (χ3n) is 4.93. The second kappa shape index (κ2) is 8.00. The van der Waals surface area contributed by atoms with Crippen molar-refractivity contribution in [2.75, 3.05) is 36.5 Å². The van der Waals surface area contributed by atoms with Crippen LogP contribution in [0.1, 0.15) is 27.3 Å². The lowest BCUT2D eigenvalue weighted by Gasteiger charge is -2.28. The van der Waals surface area contributed by atoms with Crippen LogP contribution in [0.25, 0.3) is 5.69 Å². The summed E-state index contributed by atoms with van der Waals surface area (Å²) in [6, 6.07) is 9.77. The average molecular weight is 392 g/mol. The molecule has 29 heavy (non-hydrogen) atoms. The van der Waals surface area contributed by atoms with Gasteiger partial charge < -0.3 is 15.0 Å². The molecule has 1 fully saturated rings. The zero-order valence-electron chi connectivity index (χ0n) is 16.8. The number of benzene rings is 1. The van der Waals surface area contributed by atoms with Crippen LogP contribution in [0.2, 0.25) is 0 Å². The lowest BCUT2D eigenvalue weighted by molar-refractivity contribution is 0.102. The minimum Gasteiger partial charge on any atom is -0.378 e. The molecule has 1 amide bonds. The number of morpholine rings is 1. The highest BCUT2D eigenvalue weighted by molar-refractivity contribution is 6.03. The summed E-state index contributed by atoms with van der Waals surface area (Å²) in [5, 5.41) is 11.6. The molecule has 1 aliphatic rings. The fraction of sp³-hybridized carbons (Fsp3) is 0.333. The van der Waals surface area contributed by atoms with E-state index in [4.69, 9.17) is 4.74 Å². The summed E-state index contributed by atoms with van der Waals surface area (Å²) in [6.45, 7) is 8.93. The van der Waals surface area contributed by atoms with Gasteiger partial charge in [-0.15, -0.1) is 5.10 Å². The number of nitrogens with one attached hydrogen (secondary N) is 1. The number of hydrogen-bond acceptors (Lipinski definition) is 6. The highest BCUT2D eigenvalue weighted by atomic mass is 16.5. The zero-order chi connectivity index (χ0) is 20.4. The third-order valence-corrected chi connectivity index (χ3v) is 4.93. The van der Waals surface area contributed by atoms with Gasteiger partial charge in [0.2, 0.25) is 0 Å². The minimum atomic E-state index is -0.329. The molecular formula is C21H24N6O2. The summed E-state index contributed by atoms with van der Waals surface area (Å²) in [5.41, 5.74) is 4.93. The van der Waals surface area contributed by atoms with E-state index in [2.05, 4.69) is 31.5 Å². The van der Waals surface area contributed by atoms with Crippen LogP contribution < -0.4 is 10.2 Å². The Bertz CT molecular complexity index is 1020. The van der Waals surface area contributed by atoms with Gasteiger partial charge in [0.05, 0.1) is 36.5 Å². The molecule has 8 heteroatoms. The van der Waals surface area contributed by atoms with Gasteiger partial charge >= 0.3 is 0 Å². The molecule has 1 N–H and O–H groups in total. The molecule has 3 aromatic rings. The predicted octanol–water partition coefficient (Wildman–Crippen LogP) is 2.68. The normalized spacial score (nSPS) is 14.1. The molecule has 1 saturated heterocycles. The van der Waals surface area contributed by atoms with Crippen molar-refractivity contribution in [3.63, 3.8) is 0 Å². The number of aromatic nitrogens is 4. The molecule has 0 radical (unpaired) electrons. The largest absolute Gasteiger partial charge is 0.378 e. The van der Waals surface area contributed by atoms with Crippen molar-refractivity contribution in [3.05, 3.63) is 59.0 Å². The lowest BCUT2D eigenvalue weighted by Crippen LogP contribution is -2.36. The molecule has 150 valence electrons. The lowest BCUT2D eigenvalue weighted by atomic mass is 10.1. The maximum Gasteiger partial charge on any atom is 0.279 e. The molecule has 0 bridgehead atoms. The van der Waals surface area contributed by atoms with E-state index >= 15 is 0 Å². The summed E-state index contributed by atoms with van der Waals surface area (Å²) >= 11 is 0. The third kappa shape index (κ3) is 4.12. The molecular weight excluding hydrogens is 368 g/mol. The molecule has 3 heterocycles. The summed E-state index contributed by atoms with van der Waals surface area (Å²) in [5.74, 6) is 0.151. The number of nitrogens with zero attached hydrogens (tertiary/aromatic N) is 5. The van der Waals surface area contributed by atoms with Crippen LogP contribution in [-0.2, 0) is 4.74 Å². The van der Waals surface area contributed by atoms with E-state index in [9.17, 15) is 4.79 Å². The van der Waals surface area contributed by atoms with Crippen molar-refractivity contribution in [1.82, 2.24) is 20.0 Å². The SMILES string of the molecule is Cc1ccc(-n2nc(C)c(C(=O)Nc3ccc(N4CCOCC4)cn3)n2)c(C)c1. The number of anilines is 2. The maximum absolute atomic E-state index is 12.7. The van der Waals surface area contributed by atoms with Gasteiger partial charge in [-0.2, -0.15) is 9.90 Å². The first-order chi connectivity index (χ1) is 14.0. The van der Waals surface area contributed by atoms with Gasteiger partial charge in [-0.25, -0.2) is 4.98 Å². The predicted molar refractivity (Wildman–Crippen MR) is 111 cm³/mol. The van der Waals surface area contributed by atoms with Crippen LogP contribution in [0.15, 0.2) is 36.5 Å². The average Bonchev–Trinajstić information content (AvgIpc) is 3.10. The van der Waals surface area contributed by atoms with Crippen LogP contribution in [0.4, 0.5) is 11.5 Å². The highest BCUT2D eigenvalue weighted by Crippen LogP contribution is 2.18. The van der Waals surface area contributed by atoms with Gasteiger partial charge in [0, 0.05) is 13.1 Å². The summed E-state index contributed by atoms with van der Waals surface area (Å²) in [4.78, 5) is 20.8. The number of amides is 1.